The normalized spacial score (nSPS) is 11.6. The van der Waals surface area contributed by atoms with Crippen molar-refractivity contribution in [3.63, 3.8) is 0 Å². The largest absolute Gasteiger partial charge is 0.480 e. The first kappa shape index (κ1) is 12.2. The summed E-state index contributed by atoms with van der Waals surface area (Å²) in [7, 11) is 0. The third-order valence-electron chi connectivity index (χ3n) is 2.04. The second-order valence-electron chi connectivity index (χ2n) is 3.33. The standard InChI is InChI=1S/C10H9F3N2O3/c11-10(12,13)6-1-3-7(4-2-6)15(9(14)18)5-8(16)17/h1-4H,5H2,(H2,14,18)(H,16,17)/i/hD. The molecule has 1 rings (SSSR count). The van der Waals surface area contributed by atoms with E-state index in [1.165, 1.54) is 5.73 Å². The number of hydrogen-bond donors (Lipinski definition) is 2. The van der Waals surface area contributed by atoms with Crippen molar-refractivity contribution in [1.29, 1.82) is 0 Å². The first-order chi connectivity index (χ1) is 8.75. The van der Waals surface area contributed by atoms with E-state index in [4.69, 9.17) is 6.52 Å². The molecule has 0 bridgehead atoms. The predicted molar refractivity (Wildman–Crippen MR) is 56.0 cm³/mol. The molecule has 0 atom stereocenters. The van der Waals surface area contributed by atoms with E-state index in [9.17, 15) is 22.8 Å². The lowest BCUT2D eigenvalue weighted by atomic mass is 10.2. The fraction of sp³-hybridized carbons (Fsp3) is 0.200. The van der Waals surface area contributed by atoms with Crippen molar-refractivity contribution in [3.8, 4) is 0 Å². The van der Waals surface area contributed by atoms with Crippen LogP contribution in [0.4, 0.5) is 23.7 Å². The summed E-state index contributed by atoms with van der Waals surface area (Å²) < 4.78 is 43.7. The topological polar surface area (TPSA) is 83.6 Å². The van der Waals surface area contributed by atoms with Crippen LogP contribution in [0.15, 0.2) is 24.3 Å². The Kier molecular flexibility index (Phi) is 3.35. The number of alkyl halides is 3. The van der Waals surface area contributed by atoms with Gasteiger partial charge >= 0.3 is 18.2 Å². The average molecular weight is 263 g/mol. The van der Waals surface area contributed by atoms with Crippen molar-refractivity contribution < 1.29 is 29.3 Å². The minimum Gasteiger partial charge on any atom is -0.480 e. The number of halogens is 3. The minimum atomic E-state index is -4.52. The van der Waals surface area contributed by atoms with Crippen LogP contribution in [-0.2, 0) is 11.0 Å². The molecule has 0 unspecified atom stereocenters. The lowest BCUT2D eigenvalue weighted by Crippen LogP contribution is -2.39. The van der Waals surface area contributed by atoms with Crippen molar-refractivity contribution in [3.05, 3.63) is 29.8 Å². The Balaban J connectivity index is 3.04. The van der Waals surface area contributed by atoms with Crippen molar-refractivity contribution in [2.45, 2.75) is 6.18 Å². The second-order valence-corrected chi connectivity index (χ2v) is 3.33. The molecule has 98 valence electrons. The maximum Gasteiger partial charge on any atom is 0.416 e. The van der Waals surface area contributed by atoms with Gasteiger partial charge in [0.05, 0.1) is 5.56 Å². The Morgan fingerprint density at radius 1 is 1.33 bits per heavy atom. The van der Waals surface area contributed by atoms with E-state index >= 15 is 0 Å². The molecule has 0 radical (unpaired) electrons. The summed E-state index contributed by atoms with van der Waals surface area (Å²) in [6, 6.07) is 2.31. The number of carboxylic acids is 1. The minimum absolute atomic E-state index is 0.0554. The van der Waals surface area contributed by atoms with Crippen LogP contribution in [0.2, 0.25) is 1.41 Å². The number of anilines is 1. The van der Waals surface area contributed by atoms with E-state index in [0.717, 1.165) is 24.3 Å². The molecule has 1 aromatic rings. The van der Waals surface area contributed by atoms with Crippen molar-refractivity contribution in [2.24, 2.45) is 5.73 Å². The van der Waals surface area contributed by atoms with Crippen LogP contribution in [-0.4, -0.2) is 23.7 Å². The van der Waals surface area contributed by atoms with Gasteiger partial charge in [-0.25, -0.2) is 4.79 Å². The van der Waals surface area contributed by atoms with Gasteiger partial charge in [0.15, 0.2) is 1.41 Å². The molecule has 0 aromatic heterocycles. The van der Waals surface area contributed by atoms with E-state index < -0.39 is 30.3 Å². The molecule has 18 heavy (non-hydrogen) atoms. The van der Waals surface area contributed by atoms with Gasteiger partial charge in [0.2, 0.25) is 0 Å². The van der Waals surface area contributed by atoms with E-state index in [1.807, 2.05) is 0 Å². The van der Waals surface area contributed by atoms with Gasteiger partial charge in [-0.1, -0.05) is 0 Å². The Labute approximate surface area is 101 Å². The number of nitrogens with zero attached hydrogens (tertiary/aromatic N) is 1. The number of hydrogen-bond acceptors (Lipinski definition) is 2. The third-order valence-corrected chi connectivity index (χ3v) is 2.04. The molecular formula is C10H9F3N2O3. The predicted octanol–water partition coefficient (Wildman–Crippen LogP) is 1.68. The number of benzene rings is 1. The van der Waals surface area contributed by atoms with Gasteiger partial charge in [0, 0.05) is 5.69 Å². The first-order valence-electron chi connectivity index (χ1n) is 5.14. The van der Waals surface area contributed by atoms with Gasteiger partial charge in [-0.05, 0) is 24.3 Å². The molecule has 0 heterocycles. The number of primary amides is 1. The molecule has 0 aliphatic carbocycles. The zero-order valence-electron chi connectivity index (χ0n) is 9.86. The summed E-state index contributed by atoms with van der Waals surface area (Å²) in [6.45, 7) is -0.768. The molecular weight excluding hydrogens is 253 g/mol. The Bertz CT molecular complexity index is 476. The monoisotopic (exact) mass is 263 g/mol. The zero-order valence-corrected chi connectivity index (χ0v) is 8.86. The van der Waals surface area contributed by atoms with Crippen LogP contribution >= 0.6 is 0 Å². The number of carbonyl (C=O) groups is 2. The van der Waals surface area contributed by atoms with Crippen LogP contribution in [0.25, 0.3) is 0 Å². The number of urea groups is 1. The molecule has 0 saturated heterocycles. The van der Waals surface area contributed by atoms with E-state index in [0.29, 0.717) is 4.90 Å². The van der Waals surface area contributed by atoms with Crippen LogP contribution in [0.5, 0.6) is 0 Å². The summed E-state index contributed by atoms with van der Waals surface area (Å²) in [5.74, 6) is -1.36. The number of amides is 2. The summed E-state index contributed by atoms with van der Waals surface area (Å²) in [5.41, 5.74) is 0.491. The molecule has 0 aliphatic rings. The quantitative estimate of drug-likeness (QED) is 0.870. The highest BCUT2D eigenvalue weighted by Gasteiger charge is 2.30. The molecule has 0 saturated carbocycles. The fourth-order valence-corrected chi connectivity index (χ4v) is 1.25. The Morgan fingerprint density at radius 2 is 1.89 bits per heavy atom. The second kappa shape index (κ2) is 4.94. The summed E-state index contributed by atoms with van der Waals surface area (Å²) in [6.07, 6.45) is -4.52. The molecule has 2 amide bonds. The average Bonchev–Trinajstić information content (AvgIpc) is 2.34. The van der Waals surface area contributed by atoms with Gasteiger partial charge in [-0.3, -0.25) is 9.69 Å². The smallest absolute Gasteiger partial charge is 0.416 e. The highest BCUT2D eigenvalue weighted by Crippen LogP contribution is 2.30. The maximum absolute atomic E-state index is 12.3. The summed E-state index contributed by atoms with van der Waals surface area (Å²) in [5, 5.41) is 8.61. The number of aliphatic carboxylic acids is 1. The summed E-state index contributed by atoms with van der Waals surface area (Å²) >= 11 is 0. The molecule has 0 spiro atoms. The highest BCUT2D eigenvalue weighted by atomic mass is 19.4. The van der Waals surface area contributed by atoms with Crippen molar-refractivity contribution >= 4 is 17.7 Å². The molecule has 1 aromatic carbocycles. The van der Waals surface area contributed by atoms with Crippen LogP contribution in [0, 0.1) is 0 Å². The van der Waals surface area contributed by atoms with Crippen LogP contribution < -0.4 is 10.6 Å². The molecule has 8 heteroatoms. The first-order valence-corrected chi connectivity index (χ1v) is 4.64. The lowest BCUT2D eigenvalue weighted by Gasteiger charge is -2.18. The van der Waals surface area contributed by atoms with E-state index in [-0.39, 0.29) is 5.69 Å². The molecule has 3 N–H and O–H groups in total. The summed E-state index contributed by atoms with van der Waals surface area (Å²) in [4.78, 5) is 22.5. The Hall–Kier alpha value is -2.25. The third kappa shape index (κ3) is 3.37. The molecule has 0 aliphatic heterocycles. The molecule has 0 fully saturated rings. The van der Waals surface area contributed by atoms with Gasteiger partial charge < -0.3 is 10.8 Å². The maximum atomic E-state index is 12.3. The zero-order chi connectivity index (χ0) is 14.6. The number of nitrogens with two attached hydrogens (primary N) is 1. The van der Waals surface area contributed by atoms with Gasteiger partial charge in [0.1, 0.15) is 6.54 Å². The van der Waals surface area contributed by atoms with Crippen molar-refractivity contribution in [1.82, 2.24) is 0 Å². The van der Waals surface area contributed by atoms with E-state index in [2.05, 4.69) is 0 Å². The van der Waals surface area contributed by atoms with E-state index in [1.54, 1.807) is 0 Å². The lowest BCUT2D eigenvalue weighted by molar-refractivity contribution is -0.138. The highest BCUT2D eigenvalue weighted by molar-refractivity contribution is 5.95. The fourth-order valence-electron chi connectivity index (χ4n) is 1.25. The Morgan fingerprint density at radius 3 is 2.28 bits per heavy atom. The van der Waals surface area contributed by atoms with Gasteiger partial charge in [-0.2, -0.15) is 13.2 Å². The van der Waals surface area contributed by atoms with Crippen LogP contribution in [0.1, 0.15) is 5.56 Å². The van der Waals surface area contributed by atoms with Crippen LogP contribution in [0.3, 0.4) is 0 Å². The number of carboxylic acid groups (broad SMARTS) is 1. The molecule has 5 nitrogen and oxygen atoms in total. The van der Waals surface area contributed by atoms with Gasteiger partial charge in [0.25, 0.3) is 0 Å². The van der Waals surface area contributed by atoms with Crippen molar-refractivity contribution in [2.75, 3.05) is 11.4 Å². The van der Waals surface area contributed by atoms with Gasteiger partial charge in [-0.15, -0.1) is 0 Å². The number of carbonyl (C=O) groups excluding carboxylic acids is 1. The number of rotatable bonds is 3. The SMILES string of the molecule is [2H]NC(=O)N(CC(=O)O)c1ccc(C(F)(F)F)cc1.